The van der Waals surface area contributed by atoms with Crippen molar-refractivity contribution in [2.45, 2.75) is 18.3 Å². The summed E-state index contributed by atoms with van der Waals surface area (Å²) < 4.78 is 2.46. The third-order valence-electron chi connectivity index (χ3n) is 15.1. The van der Waals surface area contributed by atoms with Gasteiger partial charge in [-0.05, 0) is 151 Å². The van der Waals surface area contributed by atoms with Crippen molar-refractivity contribution in [1.82, 2.24) is 4.57 Å². The fourth-order valence-corrected chi connectivity index (χ4v) is 12.1. The highest BCUT2D eigenvalue weighted by atomic mass is 15.1. The largest absolute Gasteiger partial charge is 0.310 e. The summed E-state index contributed by atoms with van der Waals surface area (Å²) in [7, 11) is 0. The predicted octanol–water partition coefficient (Wildman–Crippen LogP) is 17.4. The molecule has 3 aliphatic carbocycles. The van der Waals surface area contributed by atoms with E-state index in [1.54, 1.807) is 0 Å². The van der Waals surface area contributed by atoms with Crippen LogP contribution in [0.25, 0.3) is 78.3 Å². The number of aromatic nitrogens is 1. The van der Waals surface area contributed by atoms with E-state index in [9.17, 15) is 0 Å². The summed E-state index contributed by atoms with van der Waals surface area (Å²) in [6.07, 6.45) is 6.72. The van der Waals surface area contributed by atoms with Crippen molar-refractivity contribution in [3.8, 4) is 61.3 Å². The summed E-state index contributed by atoms with van der Waals surface area (Å²) >= 11 is 0. The number of anilines is 3. The van der Waals surface area contributed by atoms with E-state index in [-0.39, 0.29) is 0 Å². The van der Waals surface area contributed by atoms with Crippen LogP contribution in [0.15, 0.2) is 249 Å². The molecule has 0 atom stereocenters. The number of rotatable bonds is 7. The molecule has 1 spiro atoms. The molecule has 14 rings (SSSR count). The van der Waals surface area contributed by atoms with Crippen LogP contribution in [0, 0.1) is 0 Å². The fraction of sp³-hybridized carbons (Fsp3) is 0.0448. The molecule has 0 amide bonds. The molecule has 0 bridgehead atoms. The molecular weight excluding hydrogens is 833 g/mol. The van der Waals surface area contributed by atoms with E-state index in [0.29, 0.717) is 0 Å². The van der Waals surface area contributed by atoms with Crippen molar-refractivity contribution in [3.63, 3.8) is 0 Å². The van der Waals surface area contributed by atoms with Gasteiger partial charge in [0.15, 0.2) is 0 Å². The van der Waals surface area contributed by atoms with Gasteiger partial charge in [-0.2, -0.15) is 0 Å². The highest BCUT2D eigenvalue weighted by Crippen LogP contribution is 2.63. The van der Waals surface area contributed by atoms with E-state index < -0.39 is 5.41 Å². The summed E-state index contributed by atoms with van der Waals surface area (Å²) in [5.74, 6) is 0. The third-order valence-corrected chi connectivity index (χ3v) is 15.1. The second kappa shape index (κ2) is 15.7. The van der Waals surface area contributed by atoms with Crippen molar-refractivity contribution in [1.29, 1.82) is 0 Å². The van der Waals surface area contributed by atoms with Crippen molar-refractivity contribution < 1.29 is 0 Å². The highest BCUT2D eigenvalue weighted by molar-refractivity contribution is 5.99. The molecule has 69 heavy (non-hydrogen) atoms. The van der Waals surface area contributed by atoms with Crippen LogP contribution in [-0.2, 0) is 11.8 Å². The Morgan fingerprint density at radius 1 is 0.377 bits per heavy atom. The first-order valence-corrected chi connectivity index (χ1v) is 24.2. The molecule has 0 unspecified atom stereocenters. The molecule has 3 aliphatic rings. The number of fused-ring (bicyclic) bond motifs is 13. The van der Waals surface area contributed by atoms with Gasteiger partial charge in [-0.15, -0.1) is 0 Å². The zero-order valence-electron chi connectivity index (χ0n) is 38.1. The van der Waals surface area contributed by atoms with Gasteiger partial charge in [-0.3, -0.25) is 0 Å². The minimum Gasteiger partial charge on any atom is -0.310 e. The van der Waals surface area contributed by atoms with Gasteiger partial charge in [0, 0.05) is 33.7 Å². The molecule has 324 valence electrons. The molecule has 0 N–H and O–H groups in total. The van der Waals surface area contributed by atoms with E-state index in [1.165, 1.54) is 106 Å². The molecule has 0 saturated carbocycles. The van der Waals surface area contributed by atoms with Gasteiger partial charge in [0.05, 0.1) is 16.6 Å². The van der Waals surface area contributed by atoms with Gasteiger partial charge in [0.25, 0.3) is 0 Å². The quantitative estimate of drug-likeness (QED) is 0.155. The molecule has 11 aromatic rings. The number of hydrogen-bond acceptors (Lipinski definition) is 1. The topological polar surface area (TPSA) is 8.17 Å². The Kier molecular flexibility index (Phi) is 8.97. The maximum absolute atomic E-state index is 2.48. The normalized spacial score (nSPS) is 13.4. The maximum atomic E-state index is 2.48. The number of nitrogens with zero attached hydrogens (tertiary/aromatic N) is 2. The van der Waals surface area contributed by atoms with Crippen LogP contribution in [0.5, 0.6) is 0 Å². The number of benzene rings is 10. The Bertz CT molecular complexity index is 3760. The van der Waals surface area contributed by atoms with E-state index in [0.717, 1.165) is 29.9 Å². The Morgan fingerprint density at radius 2 is 0.899 bits per heavy atom. The average molecular weight is 879 g/mol. The Hall–Kier alpha value is -8.72. The van der Waals surface area contributed by atoms with Crippen LogP contribution < -0.4 is 4.90 Å². The lowest BCUT2D eigenvalue weighted by molar-refractivity contribution is 0.794. The first-order chi connectivity index (χ1) is 34.2. The molecule has 0 saturated heterocycles. The summed E-state index contributed by atoms with van der Waals surface area (Å²) in [5.41, 5.74) is 25.8. The smallest absolute Gasteiger partial charge is 0.0725 e. The van der Waals surface area contributed by atoms with Gasteiger partial charge in [-0.25, -0.2) is 0 Å². The average Bonchev–Trinajstić information content (AvgIpc) is 4.03. The van der Waals surface area contributed by atoms with E-state index >= 15 is 0 Å². The van der Waals surface area contributed by atoms with Crippen molar-refractivity contribution >= 4 is 34.0 Å². The fourth-order valence-electron chi connectivity index (χ4n) is 12.1. The van der Waals surface area contributed by atoms with Crippen LogP contribution >= 0.6 is 0 Å². The molecule has 1 aromatic heterocycles. The monoisotopic (exact) mass is 878 g/mol. The SMILES string of the molecule is C1=Cc2c(c3ccc(N(c4ccc(-c5ccc6c(c5)C5(c7ccccc7-c7ccccc75)c5ccccc5-6)cc4)c4ccc(-c5ccccc5)cc4-c4ccccc4)cc3n2-c2ccccc2)CC1. The van der Waals surface area contributed by atoms with Crippen LogP contribution in [0.1, 0.15) is 39.9 Å². The zero-order valence-corrected chi connectivity index (χ0v) is 38.1. The number of hydrogen-bond donors (Lipinski definition) is 0. The van der Waals surface area contributed by atoms with E-state index in [4.69, 9.17) is 0 Å². The van der Waals surface area contributed by atoms with Gasteiger partial charge in [-0.1, -0.05) is 194 Å². The summed E-state index contributed by atoms with van der Waals surface area (Å²) in [5, 5.41) is 1.31. The second-order valence-electron chi connectivity index (χ2n) is 18.7. The number of aryl methyl sites for hydroxylation is 1. The van der Waals surface area contributed by atoms with Gasteiger partial charge < -0.3 is 9.47 Å². The summed E-state index contributed by atoms with van der Waals surface area (Å²) in [6.45, 7) is 0. The molecule has 2 nitrogen and oxygen atoms in total. The van der Waals surface area contributed by atoms with Crippen LogP contribution in [0.4, 0.5) is 17.1 Å². The maximum Gasteiger partial charge on any atom is 0.0725 e. The first kappa shape index (κ1) is 39.4. The van der Waals surface area contributed by atoms with E-state index in [2.05, 4.69) is 264 Å². The lowest BCUT2D eigenvalue weighted by atomic mass is 9.70. The van der Waals surface area contributed by atoms with Crippen molar-refractivity contribution in [2.24, 2.45) is 0 Å². The highest BCUT2D eigenvalue weighted by Gasteiger charge is 2.51. The van der Waals surface area contributed by atoms with Gasteiger partial charge in [0.1, 0.15) is 0 Å². The van der Waals surface area contributed by atoms with Crippen molar-refractivity contribution in [2.75, 3.05) is 4.90 Å². The first-order valence-electron chi connectivity index (χ1n) is 24.2. The second-order valence-corrected chi connectivity index (χ2v) is 18.7. The Morgan fingerprint density at radius 3 is 1.57 bits per heavy atom. The Labute approximate surface area is 403 Å². The van der Waals surface area contributed by atoms with Gasteiger partial charge >= 0.3 is 0 Å². The van der Waals surface area contributed by atoms with Crippen LogP contribution in [-0.4, -0.2) is 4.57 Å². The lowest BCUT2D eigenvalue weighted by Gasteiger charge is -2.30. The molecule has 10 aromatic carbocycles. The third kappa shape index (κ3) is 5.98. The van der Waals surface area contributed by atoms with Crippen molar-refractivity contribution in [3.05, 3.63) is 282 Å². The molecule has 0 radical (unpaired) electrons. The number of para-hydroxylation sites is 1. The lowest BCUT2D eigenvalue weighted by Crippen LogP contribution is -2.25. The van der Waals surface area contributed by atoms with E-state index in [1.807, 2.05) is 0 Å². The zero-order chi connectivity index (χ0) is 45.5. The molecular formula is C67H46N2. The Balaban J connectivity index is 0.955. The standard InChI is InChI=1S/C67H46N2/c1-4-18-45(19-5-1)48-35-41-65(59(42-48)47-20-6-2-7-21-47)68(52-38-40-58-57-27-13-17-31-64(57)69(66(58)44-52)50-22-8-3-9-23-50)51-36-32-46(33-37-51)49-34-39-56-55-26-12-16-30-62(55)67(63(56)43-49)60-28-14-10-24-53(60)54-25-11-15-29-61(54)67/h1-12,14-26,28-44H,13,27H2. The molecule has 0 aliphatic heterocycles. The minimum atomic E-state index is -0.392. The van der Waals surface area contributed by atoms with Crippen LogP contribution in [0.3, 0.4) is 0 Å². The predicted molar refractivity (Wildman–Crippen MR) is 288 cm³/mol. The number of allylic oxidation sites excluding steroid dienone is 1. The summed E-state index contributed by atoms with van der Waals surface area (Å²) in [6, 6.07) is 90.2. The molecule has 0 fully saturated rings. The minimum absolute atomic E-state index is 0.392. The van der Waals surface area contributed by atoms with Gasteiger partial charge in [0.2, 0.25) is 0 Å². The molecule has 2 heteroatoms. The van der Waals surface area contributed by atoms with Crippen LogP contribution in [0.2, 0.25) is 0 Å². The molecule has 1 heterocycles. The summed E-state index contributed by atoms with van der Waals surface area (Å²) in [4.78, 5) is 2.47.